The second-order valence-corrected chi connectivity index (χ2v) is 10.2. The number of hydrogen-bond acceptors (Lipinski definition) is 5. The normalized spacial score (nSPS) is 34.9. The van der Waals surface area contributed by atoms with Crippen LogP contribution in [0.15, 0.2) is 0 Å². The molecule has 4 bridgehead atoms. The maximum absolute atomic E-state index is 14.1. The molecule has 0 saturated heterocycles. The van der Waals surface area contributed by atoms with Crippen molar-refractivity contribution in [1.82, 2.24) is 9.78 Å². The van der Waals surface area contributed by atoms with Crippen LogP contribution >= 0.6 is 0 Å². The van der Waals surface area contributed by atoms with Gasteiger partial charge in [0.25, 0.3) is 0 Å². The third-order valence-electron chi connectivity index (χ3n) is 7.45. The lowest BCUT2D eigenvalue weighted by molar-refractivity contribution is -0.185. The van der Waals surface area contributed by atoms with Crippen LogP contribution in [-0.2, 0) is 16.5 Å². The fourth-order valence-corrected chi connectivity index (χ4v) is 6.58. The zero-order chi connectivity index (χ0) is 23.1. The van der Waals surface area contributed by atoms with Gasteiger partial charge in [-0.05, 0) is 57.8 Å². The molecule has 4 aliphatic carbocycles. The lowest BCUT2D eigenvalue weighted by atomic mass is 9.42. The van der Waals surface area contributed by atoms with Crippen LogP contribution in [0, 0.1) is 17.3 Å². The second-order valence-electron chi connectivity index (χ2n) is 10.2. The quantitative estimate of drug-likeness (QED) is 0.546. The fraction of sp³-hybridized carbons (Fsp3) is 0.750. The molecule has 5 atom stereocenters. The lowest BCUT2D eigenvalue weighted by Crippen LogP contribution is -2.63. The number of carbonyl (C=O) groups is 2. The van der Waals surface area contributed by atoms with Gasteiger partial charge in [-0.3, -0.25) is 9.48 Å². The van der Waals surface area contributed by atoms with Crippen LogP contribution in [0.25, 0.3) is 0 Å². The summed E-state index contributed by atoms with van der Waals surface area (Å²) < 4.78 is 42.7. The Morgan fingerprint density at radius 2 is 1.90 bits per heavy atom. The van der Waals surface area contributed by atoms with Crippen molar-refractivity contribution in [3.63, 3.8) is 0 Å². The summed E-state index contributed by atoms with van der Waals surface area (Å²) >= 11 is 0. The van der Waals surface area contributed by atoms with Crippen LogP contribution in [0.4, 0.5) is 13.2 Å². The molecule has 5 N–H and O–H groups in total. The van der Waals surface area contributed by atoms with Crippen molar-refractivity contribution in [2.45, 2.75) is 69.2 Å². The van der Waals surface area contributed by atoms with Crippen molar-refractivity contribution >= 4 is 11.9 Å². The summed E-state index contributed by atoms with van der Waals surface area (Å²) in [5.41, 5.74) is -1.12. The second kappa shape index (κ2) is 6.44. The van der Waals surface area contributed by atoms with Gasteiger partial charge in [-0.25, -0.2) is 4.79 Å². The predicted molar refractivity (Wildman–Crippen MR) is 100.0 cm³/mol. The molecule has 8 nitrogen and oxygen atoms in total. The highest BCUT2D eigenvalue weighted by Crippen LogP contribution is 2.67. The van der Waals surface area contributed by atoms with Crippen LogP contribution in [0.1, 0.15) is 73.6 Å². The number of rotatable bonds is 5. The Hall–Kier alpha value is -2.14. The maximum atomic E-state index is 14.1. The van der Waals surface area contributed by atoms with E-state index in [-0.39, 0.29) is 30.9 Å². The first-order valence-electron chi connectivity index (χ1n) is 10.2. The fourth-order valence-electron chi connectivity index (χ4n) is 6.58. The smallest absolute Gasteiger partial charge is 0.433 e. The molecule has 0 aliphatic heterocycles. The number of nitrogens with zero attached hydrogens (tertiary/aromatic N) is 2. The highest BCUT2D eigenvalue weighted by atomic mass is 19.4. The van der Waals surface area contributed by atoms with Gasteiger partial charge in [0.1, 0.15) is 5.56 Å². The molecule has 4 fully saturated rings. The molecule has 172 valence electrons. The zero-order valence-electron chi connectivity index (χ0n) is 17.2. The minimum Gasteiger partial charge on any atom is -0.478 e. The molecule has 5 rings (SSSR count). The van der Waals surface area contributed by atoms with Crippen LogP contribution in [0.5, 0.6) is 0 Å². The molecule has 0 radical (unpaired) electrons. The van der Waals surface area contributed by atoms with Crippen molar-refractivity contribution in [3.05, 3.63) is 17.0 Å². The van der Waals surface area contributed by atoms with Gasteiger partial charge in [0.15, 0.2) is 5.69 Å². The third-order valence-corrected chi connectivity index (χ3v) is 7.45. The van der Waals surface area contributed by atoms with E-state index in [1.165, 1.54) is 13.8 Å². The first-order chi connectivity index (χ1) is 14.2. The average Bonchev–Trinajstić information content (AvgIpc) is 3.01. The lowest BCUT2D eigenvalue weighted by Gasteiger charge is -2.62. The van der Waals surface area contributed by atoms with Gasteiger partial charge in [-0.15, -0.1) is 0 Å². The van der Waals surface area contributed by atoms with Gasteiger partial charge in [0, 0.05) is 5.92 Å². The Kier molecular flexibility index (Phi) is 4.59. The molecule has 1 amide bonds. The largest absolute Gasteiger partial charge is 0.478 e. The van der Waals surface area contributed by atoms with Gasteiger partial charge in [0.2, 0.25) is 5.91 Å². The number of aliphatic hydroxyl groups excluding tert-OH is 1. The molecule has 4 aliphatic rings. The van der Waals surface area contributed by atoms with Crippen molar-refractivity contribution in [1.29, 1.82) is 0 Å². The van der Waals surface area contributed by atoms with Gasteiger partial charge < -0.3 is 21.1 Å². The van der Waals surface area contributed by atoms with E-state index < -0.39 is 64.3 Å². The summed E-state index contributed by atoms with van der Waals surface area (Å²) in [6.45, 7) is 1.91. The summed E-state index contributed by atoms with van der Waals surface area (Å²) in [5.74, 6) is -3.95. The van der Waals surface area contributed by atoms with E-state index in [2.05, 4.69) is 5.10 Å². The van der Waals surface area contributed by atoms with Crippen LogP contribution in [0.2, 0.25) is 0 Å². The number of aromatic carboxylic acids is 1. The van der Waals surface area contributed by atoms with E-state index in [1.54, 1.807) is 0 Å². The Bertz CT molecular complexity index is 959. The summed E-state index contributed by atoms with van der Waals surface area (Å²) in [6, 6.07) is 0. The van der Waals surface area contributed by atoms with Gasteiger partial charge in [-0.1, -0.05) is 0 Å². The summed E-state index contributed by atoms with van der Waals surface area (Å²) in [5, 5.41) is 34.5. The minimum atomic E-state index is -5.06. The standard InChI is InChI=1S/C20H26F3N3O5/c1-17(2,8-27)26-14(20(21,22)23)11(15(28)29)13(25-26)12-10-3-9-4-18(31,6-10)7-19(12,5-9)16(24)30/h9-10,12,27,31H,3-8H2,1-2H3,(H2,24,30)(H,28,29). The number of hydrogen-bond donors (Lipinski definition) is 4. The van der Waals surface area contributed by atoms with Gasteiger partial charge in [-0.2, -0.15) is 18.3 Å². The maximum Gasteiger partial charge on any atom is 0.433 e. The van der Waals surface area contributed by atoms with Crippen molar-refractivity contribution in [2.75, 3.05) is 6.61 Å². The number of amides is 1. The van der Waals surface area contributed by atoms with Crippen molar-refractivity contribution in [3.8, 4) is 0 Å². The minimum absolute atomic E-state index is 0.00687. The first-order valence-corrected chi connectivity index (χ1v) is 10.2. The summed E-state index contributed by atoms with van der Waals surface area (Å²) in [6.07, 6.45) is -3.50. The zero-order valence-corrected chi connectivity index (χ0v) is 17.2. The number of carboxylic acids is 1. The number of nitrogens with two attached hydrogens (primary N) is 1. The Labute approximate surface area is 176 Å². The van der Waals surface area contributed by atoms with E-state index >= 15 is 0 Å². The number of carbonyl (C=O) groups excluding carboxylic acids is 1. The topological polar surface area (TPSA) is 139 Å². The predicted octanol–water partition coefficient (Wildman–Crippen LogP) is 1.84. The van der Waals surface area contributed by atoms with Gasteiger partial charge >= 0.3 is 12.1 Å². The molecule has 0 aromatic carbocycles. The van der Waals surface area contributed by atoms with E-state index in [0.29, 0.717) is 17.5 Å². The van der Waals surface area contributed by atoms with Crippen molar-refractivity contribution in [2.24, 2.45) is 23.0 Å². The average molecular weight is 445 g/mol. The number of aromatic nitrogens is 2. The Morgan fingerprint density at radius 1 is 1.26 bits per heavy atom. The highest BCUT2D eigenvalue weighted by molar-refractivity contribution is 5.92. The van der Waals surface area contributed by atoms with Crippen LogP contribution in [-0.4, -0.2) is 49.2 Å². The number of carboxylic acid groups (broad SMARTS) is 1. The van der Waals surface area contributed by atoms with E-state index in [4.69, 9.17) is 5.73 Å². The van der Waals surface area contributed by atoms with Gasteiger partial charge in [0.05, 0.1) is 28.9 Å². The summed E-state index contributed by atoms with van der Waals surface area (Å²) in [4.78, 5) is 24.8. The van der Waals surface area contributed by atoms with Crippen LogP contribution < -0.4 is 5.73 Å². The van der Waals surface area contributed by atoms with E-state index in [0.717, 1.165) is 0 Å². The van der Waals surface area contributed by atoms with E-state index in [1.807, 2.05) is 0 Å². The number of aliphatic hydroxyl groups is 2. The number of alkyl halides is 3. The molecule has 4 saturated carbocycles. The Morgan fingerprint density at radius 3 is 2.39 bits per heavy atom. The summed E-state index contributed by atoms with van der Waals surface area (Å²) in [7, 11) is 0. The molecular weight excluding hydrogens is 419 g/mol. The first kappa shape index (κ1) is 22.1. The number of halogens is 3. The Balaban J connectivity index is 2.00. The van der Waals surface area contributed by atoms with Crippen molar-refractivity contribution < 1.29 is 38.1 Å². The van der Waals surface area contributed by atoms with Crippen LogP contribution in [0.3, 0.4) is 0 Å². The molecule has 5 unspecified atom stereocenters. The SMILES string of the molecule is CC(C)(CO)n1nc(C2C3CC4CC(O)(C3)CC2(C(N)=O)C4)c(C(=O)O)c1C(F)(F)F. The third kappa shape index (κ3) is 3.07. The molecule has 0 spiro atoms. The molecule has 1 aromatic rings. The molecular formula is C20H26F3N3O5. The molecule has 11 heteroatoms. The van der Waals surface area contributed by atoms with E-state index in [9.17, 15) is 38.1 Å². The molecule has 1 heterocycles. The monoisotopic (exact) mass is 445 g/mol. The highest BCUT2D eigenvalue weighted by Gasteiger charge is 2.66. The molecule has 1 aromatic heterocycles. The number of primary amides is 1. The molecule has 31 heavy (non-hydrogen) atoms.